The molecule has 6 heteroatoms. The lowest BCUT2D eigenvalue weighted by Gasteiger charge is -2.14. The first-order valence-corrected chi connectivity index (χ1v) is 7.24. The molecule has 1 aromatic rings. The Morgan fingerprint density at radius 2 is 2.15 bits per heavy atom. The van der Waals surface area contributed by atoms with Crippen LogP contribution >= 0.6 is 12.2 Å². The van der Waals surface area contributed by atoms with Crippen LogP contribution in [0.4, 0.5) is 0 Å². The van der Waals surface area contributed by atoms with E-state index in [-0.39, 0.29) is 0 Å². The molecule has 1 aromatic carbocycles. The van der Waals surface area contributed by atoms with Gasteiger partial charge in [-0.15, -0.1) is 0 Å². The van der Waals surface area contributed by atoms with E-state index >= 15 is 0 Å². The number of thiocarbonyl (C=S) groups is 1. The van der Waals surface area contributed by atoms with Gasteiger partial charge >= 0.3 is 0 Å². The molecule has 2 N–H and O–H groups in total. The largest absolute Gasteiger partial charge is 0.454 e. The maximum Gasteiger partial charge on any atom is 0.231 e. The van der Waals surface area contributed by atoms with Crippen LogP contribution in [-0.2, 0) is 11.3 Å². The van der Waals surface area contributed by atoms with E-state index in [4.69, 9.17) is 26.4 Å². The first kappa shape index (κ1) is 13.5. The number of hydrogen-bond acceptors (Lipinski definition) is 4. The van der Waals surface area contributed by atoms with Crippen molar-refractivity contribution in [1.29, 1.82) is 0 Å². The summed E-state index contributed by atoms with van der Waals surface area (Å²) in [7, 11) is 0. The van der Waals surface area contributed by atoms with E-state index in [0.29, 0.717) is 24.6 Å². The minimum absolute atomic E-state index is 0.292. The van der Waals surface area contributed by atoms with Gasteiger partial charge in [-0.25, -0.2) is 0 Å². The van der Waals surface area contributed by atoms with Crippen LogP contribution in [0.5, 0.6) is 11.5 Å². The molecule has 5 nitrogen and oxygen atoms in total. The van der Waals surface area contributed by atoms with Gasteiger partial charge in [0.2, 0.25) is 6.79 Å². The van der Waals surface area contributed by atoms with E-state index in [1.54, 1.807) is 0 Å². The number of fused-ring (bicyclic) bond motifs is 1. The molecule has 2 aliphatic rings. The molecule has 1 unspecified atom stereocenters. The van der Waals surface area contributed by atoms with E-state index in [0.717, 1.165) is 43.1 Å². The molecule has 3 rings (SSSR count). The second-order valence-electron chi connectivity index (χ2n) is 4.89. The SMILES string of the molecule is S=C(NCc1ccc2c(c1)OCO2)NCC1CCCO1. The van der Waals surface area contributed by atoms with Gasteiger partial charge in [0, 0.05) is 19.7 Å². The Bertz CT molecular complexity index is 489. The lowest BCUT2D eigenvalue weighted by atomic mass is 10.2. The van der Waals surface area contributed by atoms with E-state index in [2.05, 4.69) is 10.6 Å². The summed E-state index contributed by atoms with van der Waals surface area (Å²) >= 11 is 5.25. The van der Waals surface area contributed by atoms with Crippen molar-refractivity contribution in [2.24, 2.45) is 0 Å². The topological polar surface area (TPSA) is 51.8 Å². The predicted molar refractivity (Wildman–Crippen MR) is 79.0 cm³/mol. The van der Waals surface area contributed by atoms with Gasteiger partial charge in [-0.05, 0) is 42.8 Å². The maximum absolute atomic E-state index is 5.54. The first-order valence-electron chi connectivity index (χ1n) is 6.83. The molecule has 1 fully saturated rings. The molecular weight excluding hydrogens is 276 g/mol. The van der Waals surface area contributed by atoms with Gasteiger partial charge < -0.3 is 24.8 Å². The molecule has 0 aliphatic carbocycles. The normalized spacial score (nSPS) is 19.9. The van der Waals surface area contributed by atoms with Crippen molar-refractivity contribution in [3.8, 4) is 11.5 Å². The van der Waals surface area contributed by atoms with Gasteiger partial charge in [-0.3, -0.25) is 0 Å². The average molecular weight is 294 g/mol. The smallest absolute Gasteiger partial charge is 0.231 e. The van der Waals surface area contributed by atoms with Crippen LogP contribution in [0.25, 0.3) is 0 Å². The van der Waals surface area contributed by atoms with Crippen LogP contribution in [0.2, 0.25) is 0 Å². The number of ether oxygens (including phenoxy) is 3. The third kappa shape index (κ3) is 3.32. The van der Waals surface area contributed by atoms with Gasteiger partial charge in [-0.1, -0.05) is 6.07 Å². The minimum Gasteiger partial charge on any atom is -0.454 e. The lowest BCUT2D eigenvalue weighted by molar-refractivity contribution is 0.114. The highest BCUT2D eigenvalue weighted by molar-refractivity contribution is 7.80. The summed E-state index contributed by atoms with van der Waals surface area (Å²) in [4.78, 5) is 0. The van der Waals surface area contributed by atoms with Crippen molar-refractivity contribution >= 4 is 17.3 Å². The summed E-state index contributed by atoms with van der Waals surface area (Å²) in [6.45, 7) is 2.60. The van der Waals surface area contributed by atoms with Gasteiger partial charge in [0.05, 0.1) is 6.10 Å². The number of benzene rings is 1. The summed E-state index contributed by atoms with van der Waals surface area (Å²) in [5.74, 6) is 1.59. The van der Waals surface area contributed by atoms with Gasteiger partial charge in [0.15, 0.2) is 16.6 Å². The molecule has 0 saturated carbocycles. The van der Waals surface area contributed by atoms with Crippen LogP contribution in [0, 0.1) is 0 Å². The highest BCUT2D eigenvalue weighted by Gasteiger charge is 2.15. The fourth-order valence-corrected chi connectivity index (χ4v) is 2.46. The number of rotatable bonds is 4. The standard InChI is InChI=1S/C14H18N2O3S/c20-14(16-8-11-2-1-5-17-11)15-7-10-3-4-12-13(6-10)19-9-18-12/h3-4,6,11H,1-2,5,7-9H2,(H2,15,16,20). The quantitative estimate of drug-likeness (QED) is 0.822. The monoisotopic (exact) mass is 294 g/mol. The minimum atomic E-state index is 0.292. The van der Waals surface area contributed by atoms with Crippen molar-refractivity contribution in [3.05, 3.63) is 23.8 Å². The molecule has 0 radical (unpaired) electrons. The van der Waals surface area contributed by atoms with E-state index < -0.39 is 0 Å². The zero-order valence-corrected chi connectivity index (χ0v) is 12.0. The van der Waals surface area contributed by atoms with E-state index in [1.165, 1.54) is 0 Å². The van der Waals surface area contributed by atoms with Gasteiger partial charge in [-0.2, -0.15) is 0 Å². The zero-order valence-electron chi connectivity index (χ0n) is 11.2. The van der Waals surface area contributed by atoms with Crippen molar-refractivity contribution in [1.82, 2.24) is 10.6 Å². The summed E-state index contributed by atoms with van der Waals surface area (Å²) in [6, 6.07) is 5.89. The Hall–Kier alpha value is -1.53. The van der Waals surface area contributed by atoms with Crippen LogP contribution < -0.4 is 20.1 Å². The molecule has 1 atom stereocenters. The molecular formula is C14H18N2O3S. The Kier molecular flexibility index (Phi) is 4.22. The molecule has 108 valence electrons. The molecule has 2 heterocycles. The zero-order chi connectivity index (χ0) is 13.8. The number of nitrogens with one attached hydrogen (secondary N) is 2. The molecule has 0 amide bonds. The summed E-state index contributed by atoms with van der Waals surface area (Å²) in [5, 5.41) is 7.02. The highest BCUT2D eigenvalue weighted by Crippen LogP contribution is 2.32. The second kappa shape index (κ2) is 6.28. The van der Waals surface area contributed by atoms with Crippen LogP contribution in [0.15, 0.2) is 18.2 Å². The fraction of sp³-hybridized carbons (Fsp3) is 0.500. The summed E-state index contributed by atoms with van der Waals surface area (Å²) in [5.41, 5.74) is 1.11. The third-order valence-electron chi connectivity index (χ3n) is 3.40. The molecule has 2 aliphatic heterocycles. The van der Waals surface area contributed by atoms with Crippen molar-refractivity contribution in [3.63, 3.8) is 0 Å². The fourth-order valence-electron chi connectivity index (χ4n) is 2.31. The summed E-state index contributed by atoms with van der Waals surface area (Å²) in [6.07, 6.45) is 2.54. The summed E-state index contributed by atoms with van der Waals surface area (Å²) < 4.78 is 16.2. The molecule has 1 saturated heterocycles. The second-order valence-corrected chi connectivity index (χ2v) is 5.29. The lowest BCUT2D eigenvalue weighted by Crippen LogP contribution is -2.39. The van der Waals surface area contributed by atoms with E-state index in [1.807, 2.05) is 18.2 Å². The van der Waals surface area contributed by atoms with Gasteiger partial charge in [0.1, 0.15) is 0 Å². The van der Waals surface area contributed by atoms with E-state index in [9.17, 15) is 0 Å². The van der Waals surface area contributed by atoms with Crippen LogP contribution in [0.3, 0.4) is 0 Å². The third-order valence-corrected chi connectivity index (χ3v) is 3.69. The van der Waals surface area contributed by atoms with Crippen LogP contribution in [0.1, 0.15) is 18.4 Å². The number of hydrogen-bond donors (Lipinski definition) is 2. The van der Waals surface area contributed by atoms with Crippen molar-refractivity contribution in [2.75, 3.05) is 19.9 Å². The van der Waals surface area contributed by atoms with Crippen molar-refractivity contribution in [2.45, 2.75) is 25.5 Å². The Labute approximate surface area is 123 Å². The van der Waals surface area contributed by atoms with Crippen LogP contribution in [-0.4, -0.2) is 31.2 Å². The molecule has 0 spiro atoms. The Morgan fingerprint density at radius 1 is 1.25 bits per heavy atom. The highest BCUT2D eigenvalue weighted by atomic mass is 32.1. The molecule has 0 aromatic heterocycles. The predicted octanol–water partition coefficient (Wildman–Crippen LogP) is 1.56. The molecule has 20 heavy (non-hydrogen) atoms. The Balaban J connectivity index is 1.43. The van der Waals surface area contributed by atoms with Gasteiger partial charge in [0.25, 0.3) is 0 Å². The average Bonchev–Trinajstić information content (AvgIpc) is 3.13. The maximum atomic E-state index is 5.54. The molecule has 0 bridgehead atoms. The first-order chi connectivity index (χ1) is 9.81. The van der Waals surface area contributed by atoms with Crippen molar-refractivity contribution < 1.29 is 14.2 Å². The Morgan fingerprint density at radius 3 is 3.00 bits per heavy atom.